The van der Waals surface area contributed by atoms with Crippen molar-refractivity contribution in [3.63, 3.8) is 0 Å². The maximum absolute atomic E-state index is 5.07. The van der Waals surface area contributed by atoms with E-state index < -0.39 is 0 Å². The number of benzene rings is 1. The van der Waals surface area contributed by atoms with Gasteiger partial charge in [-0.2, -0.15) is 10.2 Å². The molecule has 0 bridgehead atoms. The summed E-state index contributed by atoms with van der Waals surface area (Å²) < 4.78 is 5.07. The van der Waals surface area contributed by atoms with Crippen LogP contribution in [0.3, 0.4) is 0 Å². The van der Waals surface area contributed by atoms with Crippen LogP contribution in [0.5, 0.6) is 5.75 Å². The van der Waals surface area contributed by atoms with E-state index in [-0.39, 0.29) is 0 Å². The van der Waals surface area contributed by atoms with Crippen molar-refractivity contribution in [3.05, 3.63) is 36.5 Å². The van der Waals surface area contributed by atoms with Crippen molar-refractivity contribution in [3.8, 4) is 5.75 Å². The van der Waals surface area contributed by atoms with Crippen LogP contribution >= 0.6 is 0 Å². The Labute approximate surface area is 82.5 Å². The summed E-state index contributed by atoms with van der Waals surface area (Å²) >= 11 is 0. The third kappa shape index (κ3) is 1.69. The fraction of sp³-hybridized carbons (Fsp3) is 0.100. The largest absolute Gasteiger partial charge is 0.497 e. The maximum atomic E-state index is 5.07. The Bertz CT molecular complexity index is 356. The zero-order valence-corrected chi connectivity index (χ0v) is 7.84. The van der Waals surface area contributed by atoms with Gasteiger partial charge >= 0.3 is 0 Å². The second-order valence-electron chi connectivity index (χ2n) is 2.76. The lowest BCUT2D eigenvalue weighted by Gasteiger charge is -2.20. The minimum Gasteiger partial charge on any atom is -0.497 e. The number of anilines is 1. The fourth-order valence-electron chi connectivity index (χ4n) is 1.16. The Morgan fingerprint density at radius 3 is 2.64 bits per heavy atom. The number of nitrogens with zero attached hydrogens (tertiary/aromatic N) is 2. The van der Waals surface area contributed by atoms with Crippen molar-refractivity contribution in [1.82, 2.24) is 5.43 Å². The molecule has 0 radical (unpaired) electrons. The molecular weight excluding hydrogens is 178 g/mol. The molecule has 14 heavy (non-hydrogen) atoms. The molecule has 0 unspecified atom stereocenters. The van der Waals surface area contributed by atoms with E-state index in [1.807, 2.05) is 36.5 Å². The fourth-order valence-corrected chi connectivity index (χ4v) is 1.16. The minimum atomic E-state index is 0.838. The predicted octanol–water partition coefficient (Wildman–Crippen LogP) is 1.52. The van der Waals surface area contributed by atoms with Gasteiger partial charge in [-0.05, 0) is 30.3 Å². The van der Waals surface area contributed by atoms with Crippen LogP contribution in [0.15, 0.2) is 41.6 Å². The van der Waals surface area contributed by atoms with Crippen LogP contribution in [-0.2, 0) is 0 Å². The van der Waals surface area contributed by atoms with Gasteiger partial charge in [0.15, 0.2) is 0 Å². The Morgan fingerprint density at radius 2 is 2.07 bits per heavy atom. The van der Waals surface area contributed by atoms with E-state index in [1.54, 1.807) is 18.4 Å². The van der Waals surface area contributed by atoms with Crippen molar-refractivity contribution in [2.24, 2.45) is 5.10 Å². The molecule has 4 heteroatoms. The highest BCUT2D eigenvalue weighted by molar-refractivity contribution is 5.73. The zero-order chi connectivity index (χ0) is 9.80. The Morgan fingerprint density at radius 1 is 1.29 bits per heavy atom. The van der Waals surface area contributed by atoms with E-state index >= 15 is 0 Å². The summed E-state index contributed by atoms with van der Waals surface area (Å²) in [6.45, 7) is 0. The maximum Gasteiger partial charge on any atom is 0.119 e. The van der Waals surface area contributed by atoms with Gasteiger partial charge in [-0.1, -0.05) is 0 Å². The number of allylic oxidation sites excluding steroid dienone is 1. The van der Waals surface area contributed by atoms with Gasteiger partial charge in [0.1, 0.15) is 5.75 Å². The predicted molar refractivity (Wildman–Crippen MR) is 56.2 cm³/mol. The number of nitrogens with one attached hydrogen (secondary N) is 1. The molecule has 1 heterocycles. The molecule has 1 aliphatic rings. The lowest BCUT2D eigenvalue weighted by Crippen LogP contribution is -2.30. The molecule has 1 aliphatic heterocycles. The average Bonchev–Trinajstić information content (AvgIpc) is 2.30. The molecule has 72 valence electrons. The first-order valence-corrected chi connectivity index (χ1v) is 4.29. The third-order valence-corrected chi connectivity index (χ3v) is 1.88. The van der Waals surface area contributed by atoms with E-state index in [9.17, 15) is 0 Å². The Balaban J connectivity index is 2.16. The highest BCUT2D eigenvalue weighted by atomic mass is 16.5. The summed E-state index contributed by atoms with van der Waals surface area (Å²) in [6, 6.07) is 7.65. The molecule has 0 amide bonds. The molecule has 0 saturated carbocycles. The number of methoxy groups -OCH3 is 1. The normalized spacial score (nSPS) is 13.9. The van der Waals surface area contributed by atoms with Crippen LogP contribution < -0.4 is 15.3 Å². The highest BCUT2D eigenvalue weighted by Crippen LogP contribution is 2.18. The standard InChI is InChI=1S/C10H11N3O/c1-14-10-5-3-9(4-6-10)13-11-7-2-8-12-13/h2-8,11H,1H3. The molecular formula is C10H11N3O. The lowest BCUT2D eigenvalue weighted by molar-refractivity contribution is 0.415. The number of ether oxygens (including phenoxy) is 1. The smallest absolute Gasteiger partial charge is 0.119 e. The van der Waals surface area contributed by atoms with Crippen molar-refractivity contribution in [2.75, 3.05) is 12.2 Å². The lowest BCUT2D eigenvalue weighted by atomic mass is 10.3. The number of hydrazone groups is 1. The van der Waals surface area contributed by atoms with Crippen molar-refractivity contribution in [2.45, 2.75) is 0 Å². The summed E-state index contributed by atoms with van der Waals surface area (Å²) in [4.78, 5) is 0. The summed E-state index contributed by atoms with van der Waals surface area (Å²) in [6.07, 6.45) is 5.37. The van der Waals surface area contributed by atoms with Gasteiger partial charge in [-0.3, -0.25) is 5.43 Å². The monoisotopic (exact) mass is 189 g/mol. The quantitative estimate of drug-likeness (QED) is 0.766. The Kier molecular flexibility index (Phi) is 2.36. The molecule has 1 aromatic rings. The van der Waals surface area contributed by atoms with Gasteiger partial charge in [-0.15, -0.1) is 0 Å². The van der Waals surface area contributed by atoms with E-state index in [0.29, 0.717) is 0 Å². The van der Waals surface area contributed by atoms with Crippen LogP contribution in [0.1, 0.15) is 0 Å². The molecule has 2 rings (SSSR count). The molecule has 0 aliphatic carbocycles. The number of hydrogen-bond acceptors (Lipinski definition) is 4. The second kappa shape index (κ2) is 3.83. The van der Waals surface area contributed by atoms with Crippen molar-refractivity contribution < 1.29 is 4.74 Å². The number of rotatable bonds is 2. The first kappa shape index (κ1) is 8.62. The summed E-state index contributed by atoms with van der Waals surface area (Å²) in [5.74, 6) is 0.838. The van der Waals surface area contributed by atoms with Gasteiger partial charge in [0.25, 0.3) is 0 Å². The SMILES string of the molecule is COc1ccc(N2N=CC=CN2)cc1. The van der Waals surface area contributed by atoms with Crippen molar-refractivity contribution in [1.29, 1.82) is 0 Å². The van der Waals surface area contributed by atoms with E-state index in [4.69, 9.17) is 4.74 Å². The summed E-state index contributed by atoms with van der Waals surface area (Å²) in [5.41, 5.74) is 3.95. The van der Waals surface area contributed by atoms with Crippen LogP contribution in [0.25, 0.3) is 0 Å². The molecule has 0 atom stereocenters. The van der Waals surface area contributed by atoms with E-state index in [0.717, 1.165) is 11.4 Å². The zero-order valence-electron chi connectivity index (χ0n) is 7.84. The molecule has 0 fully saturated rings. The van der Waals surface area contributed by atoms with Gasteiger partial charge in [0.2, 0.25) is 0 Å². The second-order valence-corrected chi connectivity index (χ2v) is 2.76. The molecule has 1 aromatic carbocycles. The van der Waals surface area contributed by atoms with E-state index in [1.165, 1.54) is 0 Å². The minimum absolute atomic E-state index is 0.838. The highest BCUT2D eigenvalue weighted by Gasteiger charge is 2.03. The van der Waals surface area contributed by atoms with Gasteiger partial charge in [0.05, 0.1) is 19.0 Å². The van der Waals surface area contributed by atoms with Crippen LogP contribution in [0, 0.1) is 0 Å². The van der Waals surface area contributed by atoms with E-state index in [2.05, 4.69) is 10.5 Å². The van der Waals surface area contributed by atoms with Crippen LogP contribution in [0.4, 0.5) is 5.69 Å². The molecule has 4 nitrogen and oxygen atoms in total. The topological polar surface area (TPSA) is 36.9 Å². The summed E-state index contributed by atoms with van der Waals surface area (Å²) in [7, 11) is 1.65. The van der Waals surface area contributed by atoms with Crippen LogP contribution in [-0.4, -0.2) is 13.3 Å². The van der Waals surface area contributed by atoms with Gasteiger partial charge in [-0.25, -0.2) is 0 Å². The average molecular weight is 189 g/mol. The van der Waals surface area contributed by atoms with Gasteiger partial charge < -0.3 is 4.74 Å². The molecule has 1 N–H and O–H groups in total. The Hall–Kier alpha value is -1.97. The first-order chi connectivity index (χ1) is 6.90. The first-order valence-electron chi connectivity index (χ1n) is 4.29. The van der Waals surface area contributed by atoms with Crippen LogP contribution in [0.2, 0.25) is 0 Å². The van der Waals surface area contributed by atoms with Crippen molar-refractivity contribution >= 4 is 11.9 Å². The molecule has 0 aromatic heterocycles. The molecule has 0 spiro atoms. The third-order valence-electron chi connectivity index (χ3n) is 1.88. The van der Waals surface area contributed by atoms with Gasteiger partial charge in [0, 0.05) is 6.20 Å². The number of hydrogen-bond donors (Lipinski definition) is 1. The molecule has 0 saturated heterocycles. The number of hydrazine groups is 1. The summed E-state index contributed by atoms with van der Waals surface area (Å²) in [5, 5.41) is 5.80.